The van der Waals surface area contributed by atoms with E-state index >= 15 is 0 Å². The number of benzene rings is 1. The molecule has 8 nitrogen and oxygen atoms in total. The monoisotopic (exact) mass is 367 g/mol. The van der Waals surface area contributed by atoms with Crippen LogP contribution in [0.1, 0.15) is 29.9 Å². The smallest absolute Gasteiger partial charge is 0.354 e. The van der Waals surface area contributed by atoms with E-state index in [2.05, 4.69) is 15.4 Å². The number of carboxylic acids is 1. The Morgan fingerprint density at radius 3 is 2.52 bits per heavy atom. The minimum Gasteiger partial charge on any atom is -0.477 e. The van der Waals surface area contributed by atoms with Crippen molar-refractivity contribution < 1.29 is 14.7 Å². The molecule has 0 aliphatic heterocycles. The molecule has 0 bridgehead atoms. The maximum atomic E-state index is 11.9. The Morgan fingerprint density at radius 1 is 1.19 bits per heavy atom. The zero-order chi connectivity index (χ0) is 19.6. The fraction of sp³-hybridized carbons (Fsp3) is 0.263. The maximum Gasteiger partial charge on any atom is 0.354 e. The summed E-state index contributed by atoms with van der Waals surface area (Å²) < 4.78 is 1.25. The Labute approximate surface area is 156 Å². The lowest BCUT2D eigenvalue weighted by molar-refractivity contribution is -0.118. The Balaban J connectivity index is 2.02. The molecule has 2 aromatic heterocycles. The fourth-order valence-electron chi connectivity index (χ4n) is 2.66. The van der Waals surface area contributed by atoms with Crippen molar-refractivity contribution in [3.63, 3.8) is 0 Å². The molecule has 1 aromatic carbocycles. The number of hydrogen-bond donors (Lipinski definition) is 2. The molecule has 0 aliphatic rings. The van der Waals surface area contributed by atoms with E-state index in [0.717, 1.165) is 5.56 Å². The molecule has 3 rings (SSSR count). The summed E-state index contributed by atoms with van der Waals surface area (Å²) in [5, 5.41) is 16.2. The van der Waals surface area contributed by atoms with Crippen molar-refractivity contribution in [2.24, 2.45) is 5.92 Å². The van der Waals surface area contributed by atoms with Crippen LogP contribution in [0.25, 0.3) is 5.65 Å². The van der Waals surface area contributed by atoms with Crippen LogP contribution in [0.3, 0.4) is 0 Å². The van der Waals surface area contributed by atoms with Gasteiger partial charge in [-0.25, -0.2) is 9.31 Å². The summed E-state index contributed by atoms with van der Waals surface area (Å²) in [7, 11) is 1.89. The highest BCUT2D eigenvalue weighted by molar-refractivity contribution is 5.92. The van der Waals surface area contributed by atoms with E-state index < -0.39 is 5.97 Å². The van der Waals surface area contributed by atoms with Crippen LogP contribution in [0.2, 0.25) is 0 Å². The van der Waals surface area contributed by atoms with Crippen molar-refractivity contribution in [2.75, 3.05) is 17.3 Å². The van der Waals surface area contributed by atoms with Crippen LogP contribution in [-0.2, 0) is 11.3 Å². The summed E-state index contributed by atoms with van der Waals surface area (Å²) in [5.41, 5.74) is 2.15. The van der Waals surface area contributed by atoms with Gasteiger partial charge in [0.25, 0.3) is 0 Å². The van der Waals surface area contributed by atoms with Crippen molar-refractivity contribution >= 4 is 29.2 Å². The van der Waals surface area contributed by atoms with Gasteiger partial charge in [-0.3, -0.25) is 10.1 Å². The molecular weight excluding hydrogens is 346 g/mol. The van der Waals surface area contributed by atoms with Gasteiger partial charge in [-0.1, -0.05) is 44.2 Å². The number of nitrogens with zero attached hydrogens (tertiary/aromatic N) is 4. The largest absolute Gasteiger partial charge is 0.477 e. The van der Waals surface area contributed by atoms with Crippen molar-refractivity contribution in [1.82, 2.24) is 14.6 Å². The van der Waals surface area contributed by atoms with E-state index in [1.807, 2.05) is 42.3 Å². The number of aromatic carboxylic acids is 1. The third-order valence-electron chi connectivity index (χ3n) is 4.12. The van der Waals surface area contributed by atoms with Gasteiger partial charge < -0.3 is 10.0 Å². The van der Waals surface area contributed by atoms with Gasteiger partial charge >= 0.3 is 5.97 Å². The number of nitrogens with one attached hydrogen (secondary N) is 1. The van der Waals surface area contributed by atoms with Gasteiger partial charge in [0.2, 0.25) is 11.9 Å². The van der Waals surface area contributed by atoms with E-state index in [1.165, 1.54) is 10.6 Å². The quantitative estimate of drug-likeness (QED) is 0.695. The molecule has 0 fully saturated rings. The number of amides is 1. The Hall–Kier alpha value is -3.42. The number of anilines is 2. The van der Waals surface area contributed by atoms with E-state index in [4.69, 9.17) is 0 Å². The second-order valence-electron chi connectivity index (χ2n) is 6.57. The zero-order valence-corrected chi connectivity index (χ0v) is 15.4. The molecule has 0 aliphatic carbocycles. The van der Waals surface area contributed by atoms with Gasteiger partial charge in [0.05, 0.1) is 5.69 Å². The van der Waals surface area contributed by atoms with Crippen LogP contribution in [0.4, 0.5) is 11.6 Å². The number of fused-ring (bicyclic) bond motifs is 1. The Bertz CT molecular complexity index is 982. The number of aromatic nitrogens is 3. The number of carbonyl (C=O) groups excluding carboxylic acids is 1. The first-order valence-electron chi connectivity index (χ1n) is 8.56. The normalized spacial score (nSPS) is 11.0. The van der Waals surface area contributed by atoms with Gasteiger partial charge in [-0.15, -0.1) is 5.10 Å². The zero-order valence-electron chi connectivity index (χ0n) is 15.4. The summed E-state index contributed by atoms with van der Waals surface area (Å²) in [6.07, 6.45) is 0. The predicted octanol–water partition coefficient (Wildman–Crippen LogP) is 2.66. The molecule has 0 saturated carbocycles. The van der Waals surface area contributed by atoms with Gasteiger partial charge in [-0.05, 0) is 17.7 Å². The Morgan fingerprint density at radius 2 is 1.89 bits per heavy atom. The molecule has 2 N–H and O–H groups in total. The summed E-state index contributed by atoms with van der Waals surface area (Å²) in [5.74, 6) is -1.52. The minimum atomic E-state index is -1.12. The van der Waals surface area contributed by atoms with E-state index in [9.17, 15) is 14.7 Å². The van der Waals surface area contributed by atoms with Crippen molar-refractivity contribution in [3.05, 3.63) is 53.7 Å². The Kier molecular flexibility index (Phi) is 5.07. The van der Waals surface area contributed by atoms with Gasteiger partial charge in [0.15, 0.2) is 11.3 Å². The number of pyridine rings is 1. The van der Waals surface area contributed by atoms with E-state index in [0.29, 0.717) is 17.9 Å². The van der Waals surface area contributed by atoms with Crippen LogP contribution >= 0.6 is 0 Å². The number of hydrogen-bond acceptors (Lipinski definition) is 5. The first kappa shape index (κ1) is 18.4. The van der Waals surface area contributed by atoms with Crippen molar-refractivity contribution in [1.29, 1.82) is 0 Å². The highest BCUT2D eigenvalue weighted by Gasteiger charge is 2.19. The lowest BCUT2D eigenvalue weighted by Gasteiger charge is -2.20. The lowest BCUT2D eigenvalue weighted by Crippen LogP contribution is -2.18. The first-order valence-corrected chi connectivity index (χ1v) is 8.56. The summed E-state index contributed by atoms with van der Waals surface area (Å²) >= 11 is 0. The van der Waals surface area contributed by atoms with Crippen LogP contribution < -0.4 is 10.2 Å². The average Bonchev–Trinajstić information content (AvgIpc) is 3.04. The second-order valence-corrected chi connectivity index (χ2v) is 6.57. The molecule has 0 spiro atoms. The van der Waals surface area contributed by atoms with Crippen LogP contribution in [0.15, 0.2) is 42.5 Å². The first-order chi connectivity index (χ1) is 12.9. The highest BCUT2D eigenvalue weighted by atomic mass is 16.4. The van der Waals surface area contributed by atoms with E-state index in [1.54, 1.807) is 19.9 Å². The van der Waals surface area contributed by atoms with Crippen LogP contribution in [0.5, 0.6) is 0 Å². The predicted molar refractivity (Wildman–Crippen MR) is 102 cm³/mol. The molecule has 0 radical (unpaired) electrons. The number of rotatable bonds is 6. The summed E-state index contributed by atoms with van der Waals surface area (Å²) in [6.45, 7) is 4.13. The number of carboxylic acid groups (broad SMARTS) is 1. The SMILES string of the molecule is CC(C)C(=O)Nc1nc2c(N(C)Cc3ccccc3)ccc(C(=O)O)n2n1. The second kappa shape index (κ2) is 7.45. The molecule has 0 saturated heterocycles. The maximum absolute atomic E-state index is 11.9. The molecular formula is C19H21N5O3. The lowest BCUT2D eigenvalue weighted by atomic mass is 10.2. The third kappa shape index (κ3) is 3.89. The molecule has 8 heteroatoms. The van der Waals surface area contributed by atoms with Crippen molar-refractivity contribution in [3.8, 4) is 0 Å². The standard InChI is InChI=1S/C19H21N5O3/c1-12(2)17(25)21-19-20-16-14(9-10-15(18(26)27)24(16)22-19)23(3)11-13-7-5-4-6-8-13/h4-10,12H,11H2,1-3H3,(H,26,27)(H,21,22,25). The number of carbonyl (C=O) groups is 2. The molecule has 0 atom stereocenters. The molecule has 2 heterocycles. The summed E-state index contributed by atoms with van der Waals surface area (Å²) in [4.78, 5) is 29.8. The molecule has 0 unspecified atom stereocenters. The van der Waals surface area contributed by atoms with Crippen LogP contribution in [-0.4, -0.2) is 38.6 Å². The molecule has 140 valence electrons. The van der Waals surface area contributed by atoms with Crippen molar-refractivity contribution in [2.45, 2.75) is 20.4 Å². The molecule has 3 aromatic rings. The van der Waals surface area contributed by atoms with E-state index in [-0.39, 0.29) is 23.5 Å². The highest BCUT2D eigenvalue weighted by Crippen LogP contribution is 2.24. The van der Waals surface area contributed by atoms with Crippen LogP contribution in [0, 0.1) is 5.92 Å². The summed E-state index contributed by atoms with van der Waals surface area (Å²) in [6, 6.07) is 13.1. The minimum absolute atomic E-state index is 0.0283. The van der Waals surface area contributed by atoms with Gasteiger partial charge in [0.1, 0.15) is 0 Å². The molecule has 27 heavy (non-hydrogen) atoms. The average molecular weight is 367 g/mol. The topological polar surface area (TPSA) is 99.8 Å². The molecule has 1 amide bonds. The van der Waals surface area contributed by atoms with Gasteiger partial charge in [-0.2, -0.15) is 4.98 Å². The third-order valence-corrected chi connectivity index (χ3v) is 4.12. The van der Waals surface area contributed by atoms with Gasteiger partial charge in [0, 0.05) is 19.5 Å². The fourth-order valence-corrected chi connectivity index (χ4v) is 2.66.